The maximum atomic E-state index is 13.5. The van der Waals surface area contributed by atoms with Crippen LogP contribution in [0.5, 0.6) is 0 Å². The fourth-order valence-corrected chi connectivity index (χ4v) is 2.49. The molecule has 5 nitrogen and oxygen atoms in total. The number of aromatic nitrogens is 1. The standard InChI is InChI=1S/C9H7ClF2N2O3S/c10-5-1-7(11)9(13-3-5)14-4-6(2-8(14)15)18(12,16)17/h1,3,6H,2,4H2. The van der Waals surface area contributed by atoms with Gasteiger partial charge in [-0.1, -0.05) is 11.6 Å². The summed E-state index contributed by atoms with van der Waals surface area (Å²) in [5.41, 5.74) is 0. The molecule has 1 aromatic heterocycles. The number of carbonyl (C=O) groups excluding carboxylic acids is 1. The molecule has 18 heavy (non-hydrogen) atoms. The predicted octanol–water partition coefficient (Wildman–Crippen LogP) is 1.28. The molecular formula is C9H7ClF2N2O3S. The third-order valence-electron chi connectivity index (χ3n) is 2.53. The molecule has 9 heteroatoms. The van der Waals surface area contributed by atoms with Crippen LogP contribution in [0.4, 0.5) is 14.1 Å². The monoisotopic (exact) mass is 296 g/mol. The van der Waals surface area contributed by atoms with Crippen molar-refractivity contribution in [2.75, 3.05) is 11.4 Å². The van der Waals surface area contributed by atoms with Crippen LogP contribution >= 0.6 is 11.6 Å². The van der Waals surface area contributed by atoms with Crippen LogP contribution in [0.1, 0.15) is 6.42 Å². The van der Waals surface area contributed by atoms with Gasteiger partial charge in [-0.3, -0.25) is 9.69 Å². The molecule has 1 unspecified atom stereocenters. The Bertz CT molecular complexity index is 608. The van der Waals surface area contributed by atoms with E-state index >= 15 is 0 Å². The van der Waals surface area contributed by atoms with Crippen LogP contribution in [0, 0.1) is 5.82 Å². The van der Waals surface area contributed by atoms with Gasteiger partial charge in [0.2, 0.25) is 5.91 Å². The minimum Gasteiger partial charge on any atom is -0.293 e. The number of carbonyl (C=O) groups is 1. The van der Waals surface area contributed by atoms with Gasteiger partial charge in [-0.25, -0.2) is 9.37 Å². The number of halogens is 3. The van der Waals surface area contributed by atoms with Crippen molar-refractivity contribution in [1.82, 2.24) is 4.98 Å². The van der Waals surface area contributed by atoms with E-state index in [9.17, 15) is 21.5 Å². The second-order valence-electron chi connectivity index (χ2n) is 3.77. The van der Waals surface area contributed by atoms with Gasteiger partial charge in [-0.05, 0) is 6.07 Å². The number of amides is 1. The lowest BCUT2D eigenvalue weighted by atomic mass is 10.4. The van der Waals surface area contributed by atoms with Crippen molar-refractivity contribution in [3.63, 3.8) is 0 Å². The van der Waals surface area contributed by atoms with E-state index < -0.39 is 40.2 Å². The molecule has 1 aliphatic heterocycles. The lowest BCUT2D eigenvalue weighted by Gasteiger charge is -2.15. The quantitative estimate of drug-likeness (QED) is 0.771. The van der Waals surface area contributed by atoms with E-state index in [0.29, 0.717) is 0 Å². The van der Waals surface area contributed by atoms with Crippen molar-refractivity contribution in [3.8, 4) is 0 Å². The molecule has 0 aromatic carbocycles. The summed E-state index contributed by atoms with van der Waals surface area (Å²) in [6.45, 7) is -0.455. The third-order valence-corrected chi connectivity index (χ3v) is 3.85. The van der Waals surface area contributed by atoms with Crippen LogP contribution in [-0.2, 0) is 15.0 Å². The Labute approximate surface area is 107 Å². The number of hydrogen-bond donors (Lipinski definition) is 0. The minimum absolute atomic E-state index is 0.0394. The van der Waals surface area contributed by atoms with Gasteiger partial charge >= 0.3 is 10.2 Å². The fourth-order valence-electron chi connectivity index (χ4n) is 1.67. The molecule has 1 aliphatic rings. The largest absolute Gasteiger partial charge is 0.307 e. The van der Waals surface area contributed by atoms with Crippen molar-refractivity contribution in [1.29, 1.82) is 0 Å². The Hall–Kier alpha value is -1.28. The topological polar surface area (TPSA) is 67.3 Å². The fraction of sp³-hybridized carbons (Fsp3) is 0.333. The molecular weight excluding hydrogens is 290 g/mol. The molecule has 0 bridgehead atoms. The minimum atomic E-state index is -4.84. The zero-order chi connectivity index (χ0) is 13.5. The molecule has 0 spiro atoms. The van der Waals surface area contributed by atoms with Crippen LogP contribution in [0.3, 0.4) is 0 Å². The number of rotatable bonds is 2. The van der Waals surface area contributed by atoms with E-state index in [2.05, 4.69) is 4.98 Å². The van der Waals surface area contributed by atoms with Crippen molar-refractivity contribution < 1.29 is 21.5 Å². The lowest BCUT2D eigenvalue weighted by molar-refractivity contribution is -0.117. The smallest absolute Gasteiger partial charge is 0.293 e. The van der Waals surface area contributed by atoms with E-state index in [1.54, 1.807) is 0 Å². The van der Waals surface area contributed by atoms with Gasteiger partial charge in [0.1, 0.15) is 5.25 Å². The second-order valence-corrected chi connectivity index (χ2v) is 5.82. The van der Waals surface area contributed by atoms with E-state index in [1.807, 2.05) is 0 Å². The first kappa shape index (κ1) is 13.2. The lowest BCUT2D eigenvalue weighted by Crippen LogP contribution is -2.28. The molecule has 1 fully saturated rings. The molecule has 1 saturated heterocycles. The molecule has 2 heterocycles. The Morgan fingerprint density at radius 3 is 2.67 bits per heavy atom. The number of pyridine rings is 1. The van der Waals surface area contributed by atoms with Gasteiger partial charge in [0.15, 0.2) is 11.6 Å². The maximum absolute atomic E-state index is 13.5. The zero-order valence-corrected chi connectivity index (χ0v) is 10.4. The highest BCUT2D eigenvalue weighted by molar-refractivity contribution is 7.87. The molecule has 1 amide bonds. The highest BCUT2D eigenvalue weighted by Crippen LogP contribution is 2.27. The van der Waals surface area contributed by atoms with Gasteiger partial charge in [-0.2, -0.15) is 8.42 Å². The summed E-state index contributed by atoms with van der Waals surface area (Å²) < 4.78 is 47.7. The van der Waals surface area contributed by atoms with Crippen LogP contribution in [-0.4, -0.2) is 31.1 Å². The highest BCUT2D eigenvalue weighted by atomic mass is 35.5. The Morgan fingerprint density at radius 2 is 2.17 bits per heavy atom. The molecule has 0 saturated carbocycles. The first-order chi connectivity index (χ1) is 8.29. The first-order valence-electron chi connectivity index (χ1n) is 4.84. The molecule has 2 rings (SSSR count). The summed E-state index contributed by atoms with van der Waals surface area (Å²) in [6, 6.07) is 0.939. The van der Waals surface area contributed by atoms with E-state index in [-0.39, 0.29) is 10.8 Å². The molecule has 0 radical (unpaired) electrons. The Morgan fingerprint density at radius 1 is 1.50 bits per heavy atom. The average molecular weight is 297 g/mol. The van der Waals surface area contributed by atoms with E-state index in [0.717, 1.165) is 17.2 Å². The number of hydrogen-bond acceptors (Lipinski definition) is 4. The van der Waals surface area contributed by atoms with Crippen molar-refractivity contribution >= 4 is 33.5 Å². The van der Waals surface area contributed by atoms with Gasteiger partial charge in [-0.15, -0.1) is 3.89 Å². The summed E-state index contributed by atoms with van der Waals surface area (Å²) in [6.07, 6.45) is 0.590. The van der Waals surface area contributed by atoms with Gasteiger partial charge in [0, 0.05) is 19.2 Å². The normalized spacial score (nSPS) is 20.5. The van der Waals surface area contributed by atoms with Crippen molar-refractivity contribution in [3.05, 3.63) is 23.1 Å². The predicted molar refractivity (Wildman–Crippen MR) is 60.0 cm³/mol. The van der Waals surface area contributed by atoms with Crippen LogP contribution in [0.15, 0.2) is 12.3 Å². The molecule has 1 aromatic rings. The summed E-state index contributed by atoms with van der Waals surface area (Å²) in [7, 11) is -4.84. The zero-order valence-electron chi connectivity index (χ0n) is 8.81. The molecule has 98 valence electrons. The number of nitrogens with zero attached hydrogens (tertiary/aromatic N) is 2. The first-order valence-corrected chi connectivity index (χ1v) is 6.66. The maximum Gasteiger partial charge on any atom is 0.307 e. The summed E-state index contributed by atoms with van der Waals surface area (Å²) in [5, 5.41) is -1.44. The second kappa shape index (κ2) is 4.43. The SMILES string of the molecule is O=C1CC(S(=O)(=O)F)CN1c1ncc(Cl)cc1F. The van der Waals surface area contributed by atoms with E-state index in [4.69, 9.17) is 11.6 Å². The third kappa shape index (κ3) is 2.44. The van der Waals surface area contributed by atoms with E-state index in [1.165, 1.54) is 0 Å². The van der Waals surface area contributed by atoms with Crippen LogP contribution in [0.25, 0.3) is 0 Å². The Kier molecular flexibility index (Phi) is 3.24. The van der Waals surface area contributed by atoms with Gasteiger partial charge < -0.3 is 0 Å². The molecule has 0 N–H and O–H groups in total. The van der Waals surface area contributed by atoms with Gasteiger partial charge in [0.05, 0.1) is 5.02 Å². The average Bonchev–Trinajstić information content (AvgIpc) is 2.60. The highest BCUT2D eigenvalue weighted by Gasteiger charge is 2.40. The van der Waals surface area contributed by atoms with Crippen LogP contribution < -0.4 is 4.90 Å². The molecule has 1 atom stereocenters. The van der Waals surface area contributed by atoms with Crippen molar-refractivity contribution in [2.24, 2.45) is 0 Å². The summed E-state index contributed by atoms with van der Waals surface area (Å²) in [4.78, 5) is 15.9. The summed E-state index contributed by atoms with van der Waals surface area (Å²) >= 11 is 5.50. The van der Waals surface area contributed by atoms with Gasteiger partial charge in [0.25, 0.3) is 0 Å². The number of anilines is 1. The molecule has 0 aliphatic carbocycles. The van der Waals surface area contributed by atoms with Crippen molar-refractivity contribution in [2.45, 2.75) is 11.7 Å². The van der Waals surface area contributed by atoms with Crippen LogP contribution in [0.2, 0.25) is 5.02 Å². The summed E-state index contributed by atoms with van der Waals surface area (Å²) in [5.74, 6) is -1.92. The Balaban J connectivity index is 2.33.